The predicted molar refractivity (Wildman–Crippen MR) is 36.1 cm³/mol. The zero-order valence-corrected chi connectivity index (χ0v) is 6.44. The third-order valence-corrected chi connectivity index (χ3v) is 2.13. The Morgan fingerprint density at radius 3 is 2.11 bits per heavy atom. The first kappa shape index (κ1) is 7.18. The SMILES string of the molecule is CC1(C)CN(S(=O)O)C1. The van der Waals surface area contributed by atoms with E-state index >= 15 is 0 Å². The lowest BCUT2D eigenvalue weighted by Crippen LogP contribution is -2.53. The molecule has 0 spiro atoms. The van der Waals surface area contributed by atoms with Gasteiger partial charge >= 0.3 is 0 Å². The Balaban J connectivity index is 2.35. The summed E-state index contributed by atoms with van der Waals surface area (Å²) in [6.45, 7) is 5.62. The van der Waals surface area contributed by atoms with Gasteiger partial charge in [-0.05, 0) is 5.41 Å². The summed E-state index contributed by atoms with van der Waals surface area (Å²) in [4.78, 5) is 0. The fraction of sp³-hybridized carbons (Fsp3) is 1.00. The first-order valence-electron chi connectivity index (χ1n) is 2.87. The number of hydrogen-bond acceptors (Lipinski definition) is 1. The van der Waals surface area contributed by atoms with Crippen LogP contribution in [-0.4, -0.2) is 26.2 Å². The first-order chi connectivity index (χ1) is 4.01. The van der Waals surface area contributed by atoms with Crippen LogP contribution < -0.4 is 0 Å². The predicted octanol–water partition coefficient (Wildman–Crippen LogP) is 0.465. The average Bonchev–Trinajstić information content (AvgIpc) is 1.59. The lowest BCUT2D eigenvalue weighted by atomic mass is 9.87. The summed E-state index contributed by atoms with van der Waals surface area (Å²) in [5, 5.41) is 0. The Kier molecular flexibility index (Phi) is 1.63. The van der Waals surface area contributed by atoms with Crippen molar-refractivity contribution in [3.8, 4) is 0 Å². The minimum Gasteiger partial charge on any atom is -0.294 e. The van der Waals surface area contributed by atoms with E-state index in [1.54, 1.807) is 0 Å². The summed E-state index contributed by atoms with van der Waals surface area (Å²) in [6.07, 6.45) is 0. The van der Waals surface area contributed by atoms with Crippen molar-refractivity contribution in [2.24, 2.45) is 5.41 Å². The Morgan fingerprint density at radius 1 is 1.56 bits per heavy atom. The third-order valence-electron chi connectivity index (χ3n) is 1.43. The van der Waals surface area contributed by atoms with Crippen molar-refractivity contribution in [3.63, 3.8) is 0 Å². The van der Waals surface area contributed by atoms with Crippen molar-refractivity contribution in [2.45, 2.75) is 13.8 Å². The number of nitrogens with zero attached hydrogens (tertiary/aromatic N) is 1. The molecule has 1 aliphatic heterocycles. The van der Waals surface area contributed by atoms with Crippen molar-refractivity contribution in [2.75, 3.05) is 13.1 Å². The molecule has 3 nitrogen and oxygen atoms in total. The molecule has 0 aromatic rings. The molecule has 9 heavy (non-hydrogen) atoms. The fourth-order valence-corrected chi connectivity index (χ4v) is 1.94. The van der Waals surface area contributed by atoms with Gasteiger partial charge in [-0.15, -0.1) is 0 Å². The topological polar surface area (TPSA) is 40.5 Å². The molecule has 54 valence electrons. The highest BCUT2D eigenvalue weighted by Crippen LogP contribution is 2.28. The molecule has 0 aliphatic carbocycles. The summed E-state index contributed by atoms with van der Waals surface area (Å²) in [7, 11) is 0. The molecule has 0 radical (unpaired) electrons. The van der Waals surface area contributed by atoms with Gasteiger partial charge in [0.05, 0.1) is 0 Å². The number of hydrogen-bond donors (Lipinski definition) is 1. The van der Waals surface area contributed by atoms with E-state index < -0.39 is 11.3 Å². The molecule has 0 amide bonds. The smallest absolute Gasteiger partial charge is 0.234 e. The van der Waals surface area contributed by atoms with E-state index in [9.17, 15) is 4.21 Å². The van der Waals surface area contributed by atoms with E-state index in [-0.39, 0.29) is 5.41 Å². The summed E-state index contributed by atoms with van der Waals surface area (Å²) < 4.78 is 20.3. The van der Waals surface area contributed by atoms with Gasteiger partial charge in [-0.2, -0.15) is 0 Å². The molecule has 1 rings (SSSR count). The van der Waals surface area contributed by atoms with Crippen LogP contribution >= 0.6 is 0 Å². The third kappa shape index (κ3) is 1.50. The molecular formula is C5H11NO2S. The van der Waals surface area contributed by atoms with E-state index in [1.165, 1.54) is 4.31 Å². The lowest BCUT2D eigenvalue weighted by molar-refractivity contribution is 0.109. The van der Waals surface area contributed by atoms with Crippen molar-refractivity contribution < 1.29 is 8.76 Å². The molecule has 0 aromatic heterocycles. The Hall–Kier alpha value is 0.0700. The summed E-state index contributed by atoms with van der Waals surface area (Å²) in [5.41, 5.74) is 0.248. The van der Waals surface area contributed by atoms with Crippen LogP contribution in [0.2, 0.25) is 0 Å². The van der Waals surface area contributed by atoms with E-state index in [0.29, 0.717) is 0 Å². The fourth-order valence-electron chi connectivity index (χ4n) is 1.02. The second-order valence-electron chi connectivity index (χ2n) is 3.19. The van der Waals surface area contributed by atoms with Gasteiger partial charge in [-0.3, -0.25) is 4.55 Å². The van der Waals surface area contributed by atoms with E-state index in [2.05, 4.69) is 13.8 Å². The summed E-state index contributed by atoms with van der Waals surface area (Å²) in [6, 6.07) is 0. The van der Waals surface area contributed by atoms with Crippen LogP contribution in [0.5, 0.6) is 0 Å². The standard InChI is InChI=1S/C5H11NO2S/c1-5(2)3-6(4-5)9(7)8/h3-4H2,1-2H3,(H,7,8). The first-order valence-corrected chi connectivity index (χ1v) is 3.94. The molecule has 1 atom stereocenters. The van der Waals surface area contributed by atoms with Crippen LogP contribution in [0, 0.1) is 5.41 Å². The second kappa shape index (κ2) is 2.04. The van der Waals surface area contributed by atoms with Crippen LogP contribution in [0.1, 0.15) is 13.8 Å². The van der Waals surface area contributed by atoms with Crippen LogP contribution in [0.3, 0.4) is 0 Å². The van der Waals surface area contributed by atoms with Gasteiger partial charge in [0.1, 0.15) is 0 Å². The maximum atomic E-state index is 10.3. The van der Waals surface area contributed by atoms with Gasteiger partial charge in [-0.1, -0.05) is 13.8 Å². The van der Waals surface area contributed by atoms with Gasteiger partial charge in [0.15, 0.2) is 0 Å². The van der Waals surface area contributed by atoms with Crippen LogP contribution in [0.25, 0.3) is 0 Å². The highest BCUT2D eigenvalue weighted by atomic mass is 32.2. The van der Waals surface area contributed by atoms with E-state index in [1.807, 2.05) is 0 Å². The van der Waals surface area contributed by atoms with Gasteiger partial charge in [0.25, 0.3) is 0 Å². The van der Waals surface area contributed by atoms with E-state index in [4.69, 9.17) is 4.55 Å². The van der Waals surface area contributed by atoms with Crippen molar-refractivity contribution in [1.82, 2.24) is 4.31 Å². The summed E-state index contributed by atoms with van der Waals surface area (Å²) >= 11 is -1.74. The number of rotatable bonds is 1. The minimum atomic E-state index is -1.74. The quantitative estimate of drug-likeness (QED) is 0.550. The Morgan fingerprint density at radius 2 is 2.00 bits per heavy atom. The summed E-state index contributed by atoms with van der Waals surface area (Å²) in [5.74, 6) is 0. The molecule has 4 heteroatoms. The average molecular weight is 149 g/mol. The zero-order chi connectivity index (χ0) is 7.07. The van der Waals surface area contributed by atoms with Crippen molar-refractivity contribution in [3.05, 3.63) is 0 Å². The highest BCUT2D eigenvalue weighted by molar-refractivity contribution is 7.76. The van der Waals surface area contributed by atoms with Crippen molar-refractivity contribution in [1.29, 1.82) is 0 Å². The normalized spacial score (nSPS) is 29.2. The largest absolute Gasteiger partial charge is 0.294 e. The Bertz CT molecular complexity index is 138. The second-order valence-corrected chi connectivity index (χ2v) is 4.17. The molecule has 1 heterocycles. The Labute approximate surface area is 57.5 Å². The van der Waals surface area contributed by atoms with Gasteiger partial charge in [0, 0.05) is 13.1 Å². The molecule has 1 N–H and O–H groups in total. The molecule has 0 saturated carbocycles. The van der Waals surface area contributed by atoms with Gasteiger partial charge in [0.2, 0.25) is 11.3 Å². The van der Waals surface area contributed by atoms with Gasteiger partial charge < -0.3 is 0 Å². The lowest BCUT2D eigenvalue weighted by Gasteiger charge is -2.42. The van der Waals surface area contributed by atoms with Crippen molar-refractivity contribution >= 4 is 11.3 Å². The molecule has 0 bridgehead atoms. The molecule has 0 aromatic carbocycles. The highest BCUT2D eigenvalue weighted by Gasteiger charge is 2.36. The maximum absolute atomic E-state index is 10.3. The molecule has 1 unspecified atom stereocenters. The van der Waals surface area contributed by atoms with Gasteiger partial charge in [-0.25, -0.2) is 8.51 Å². The van der Waals surface area contributed by atoms with Crippen LogP contribution in [0.4, 0.5) is 0 Å². The minimum absolute atomic E-state index is 0.248. The molecule has 1 fully saturated rings. The van der Waals surface area contributed by atoms with Crippen LogP contribution in [0.15, 0.2) is 0 Å². The maximum Gasteiger partial charge on any atom is 0.234 e. The molecular weight excluding hydrogens is 138 g/mol. The zero-order valence-electron chi connectivity index (χ0n) is 5.63. The molecule has 1 saturated heterocycles. The monoisotopic (exact) mass is 149 g/mol. The van der Waals surface area contributed by atoms with Crippen LogP contribution in [-0.2, 0) is 11.3 Å². The van der Waals surface area contributed by atoms with E-state index in [0.717, 1.165) is 13.1 Å². The molecule has 1 aliphatic rings.